The van der Waals surface area contributed by atoms with Gasteiger partial charge in [-0.05, 0) is 25.2 Å². The Morgan fingerprint density at radius 2 is 2.30 bits per heavy atom. The molecule has 5 heteroatoms. The molecule has 1 aliphatic rings. The number of aromatic nitrogens is 1. The van der Waals surface area contributed by atoms with E-state index < -0.39 is 0 Å². The fourth-order valence-electron chi connectivity index (χ4n) is 2.09. The molecule has 0 bridgehead atoms. The summed E-state index contributed by atoms with van der Waals surface area (Å²) in [5.74, 6) is 0.549. The number of hydrogen-bond donors (Lipinski definition) is 0. The van der Waals surface area contributed by atoms with Crippen LogP contribution >= 0.6 is 11.3 Å². The molecule has 1 fully saturated rings. The van der Waals surface area contributed by atoms with Gasteiger partial charge in [0.25, 0.3) is 0 Å². The molecule has 0 unspecified atom stereocenters. The molecule has 2 rings (SSSR count). The lowest BCUT2D eigenvalue weighted by Gasteiger charge is -2.22. The van der Waals surface area contributed by atoms with Crippen molar-refractivity contribution in [3.63, 3.8) is 0 Å². The third-order valence-corrected chi connectivity index (χ3v) is 4.46. The van der Waals surface area contributed by atoms with E-state index in [4.69, 9.17) is 4.98 Å². The van der Waals surface area contributed by atoms with Crippen molar-refractivity contribution in [1.29, 1.82) is 0 Å². The Labute approximate surface area is 125 Å². The molecule has 1 heterocycles. The fraction of sp³-hybridized carbons (Fsp3) is 0.733. The lowest BCUT2D eigenvalue weighted by atomic mass is 10.1. The number of esters is 1. The molecular formula is C15H24N2O2S. The summed E-state index contributed by atoms with van der Waals surface area (Å²) in [4.78, 5) is 18.3. The van der Waals surface area contributed by atoms with Crippen LogP contribution in [-0.4, -0.2) is 30.6 Å². The van der Waals surface area contributed by atoms with Crippen LogP contribution in [0.25, 0.3) is 0 Å². The minimum atomic E-state index is -0.168. The second kappa shape index (κ2) is 7.07. The zero-order valence-electron chi connectivity index (χ0n) is 12.6. The van der Waals surface area contributed by atoms with Gasteiger partial charge in [-0.15, -0.1) is 11.3 Å². The first-order chi connectivity index (χ1) is 9.60. The number of aryl methyl sites for hydroxylation is 1. The van der Waals surface area contributed by atoms with Crippen molar-refractivity contribution >= 4 is 22.4 Å². The molecule has 20 heavy (non-hydrogen) atoms. The molecule has 0 radical (unpaired) electrons. The number of rotatable bonds is 8. The third kappa shape index (κ3) is 4.47. The first-order valence-corrected chi connectivity index (χ1v) is 8.26. The van der Waals surface area contributed by atoms with Crippen molar-refractivity contribution in [2.75, 3.05) is 18.6 Å². The van der Waals surface area contributed by atoms with Gasteiger partial charge in [0.2, 0.25) is 0 Å². The van der Waals surface area contributed by atoms with Gasteiger partial charge in [-0.2, -0.15) is 0 Å². The van der Waals surface area contributed by atoms with E-state index in [0.29, 0.717) is 18.9 Å². The highest BCUT2D eigenvalue weighted by Crippen LogP contribution is 2.34. The fourth-order valence-corrected chi connectivity index (χ4v) is 3.05. The number of anilines is 1. The first kappa shape index (κ1) is 15.3. The molecule has 0 aliphatic heterocycles. The number of carbonyl (C=O) groups excluding carboxylic acids is 1. The number of thiazole rings is 1. The van der Waals surface area contributed by atoms with Crippen LogP contribution in [-0.2, 0) is 16.0 Å². The maximum absolute atomic E-state index is 11.2. The van der Waals surface area contributed by atoms with E-state index in [1.165, 1.54) is 26.4 Å². The van der Waals surface area contributed by atoms with E-state index in [1.54, 1.807) is 11.3 Å². The molecule has 1 aliphatic carbocycles. The van der Waals surface area contributed by atoms with Gasteiger partial charge in [-0.25, -0.2) is 4.98 Å². The standard InChI is InChI=1S/C15H24N2O2S/c1-11(2)8-9-17(13-5-6-13)15-16-12(10-20-15)4-7-14(18)19-3/h10-11,13H,4-9H2,1-3H3. The Bertz CT molecular complexity index is 441. The van der Waals surface area contributed by atoms with Gasteiger partial charge in [-0.1, -0.05) is 13.8 Å². The molecular weight excluding hydrogens is 272 g/mol. The van der Waals surface area contributed by atoms with Gasteiger partial charge in [0.1, 0.15) is 0 Å². The second-order valence-electron chi connectivity index (χ2n) is 5.80. The Morgan fingerprint density at radius 1 is 1.55 bits per heavy atom. The summed E-state index contributed by atoms with van der Waals surface area (Å²) in [6, 6.07) is 0.688. The van der Waals surface area contributed by atoms with Crippen molar-refractivity contribution in [2.24, 2.45) is 5.92 Å². The van der Waals surface area contributed by atoms with E-state index in [2.05, 4.69) is 28.9 Å². The highest BCUT2D eigenvalue weighted by Gasteiger charge is 2.30. The topological polar surface area (TPSA) is 42.4 Å². The van der Waals surface area contributed by atoms with E-state index in [0.717, 1.165) is 23.3 Å². The molecule has 1 aromatic heterocycles. The predicted molar refractivity (Wildman–Crippen MR) is 82.3 cm³/mol. The van der Waals surface area contributed by atoms with Crippen LogP contribution in [0.4, 0.5) is 5.13 Å². The van der Waals surface area contributed by atoms with Crippen LogP contribution in [0.3, 0.4) is 0 Å². The number of hydrogen-bond acceptors (Lipinski definition) is 5. The van der Waals surface area contributed by atoms with Crippen LogP contribution in [0, 0.1) is 5.92 Å². The quantitative estimate of drug-likeness (QED) is 0.691. The van der Waals surface area contributed by atoms with Crippen LogP contribution in [0.15, 0.2) is 5.38 Å². The lowest BCUT2D eigenvalue weighted by molar-refractivity contribution is -0.140. The lowest BCUT2D eigenvalue weighted by Crippen LogP contribution is -2.27. The highest BCUT2D eigenvalue weighted by atomic mass is 32.1. The van der Waals surface area contributed by atoms with Crippen molar-refractivity contribution < 1.29 is 9.53 Å². The van der Waals surface area contributed by atoms with Gasteiger partial charge in [-0.3, -0.25) is 4.79 Å². The SMILES string of the molecule is COC(=O)CCc1csc(N(CCC(C)C)C2CC2)n1. The Morgan fingerprint density at radius 3 is 2.90 bits per heavy atom. The minimum absolute atomic E-state index is 0.168. The maximum Gasteiger partial charge on any atom is 0.305 e. The summed E-state index contributed by atoms with van der Waals surface area (Å²) in [6.45, 7) is 5.61. The molecule has 4 nitrogen and oxygen atoms in total. The highest BCUT2D eigenvalue weighted by molar-refractivity contribution is 7.13. The average molecular weight is 296 g/mol. The third-order valence-electron chi connectivity index (χ3n) is 3.53. The summed E-state index contributed by atoms with van der Waals surface area (Å²) < 4.78 is 4.67. The van der Waals surface area contributed by atoms with Crippen LogP contribution in [0.1, 0.15) is 45.2 Å². The van der Waals surface area contributed by atoms with Crippen LogP contribution in [0.2, 0.25) is 0 Å². The van der Waals surface area contributed by atoms with E-state index >= 15 is 0 Å². The molecule has 0 amide bonds. The van der Waals surface area contributed by atoms with E-state index in [9.17, 15) is 4.79 Å². The zero-order chi connectivity index (χ0) is 14.5. The number of nitrogens with zero attached hydrogens (tertiary/aromatic N) is 2. The predicted octanol–water partition coefficient (Wildman–Crippen LogP) is 3.26. The second-order valence-corrected chi connectivity index (χ2v) is 6.64. The van der Waals surface area contributed by atoms with Crippen molar-refractivity contribution in [3.05, 3.63) is 11.1 Å². The molecule has 1 saturated carbocycles. The molecule has 0 N–H and O–H groups in total. The van der Waals surface area contributed by atoms with Crippen LogP contribution < -0.4 is 4.90 Å². The van der Waals surface area contributed by atoms with Gasteiger partial charge >= 0.3 is 5.97 Å². The van der Waals surface area contributed by atoms with E-state index in [1.807, 2.05) is 0 Å². The average Bonchev–Trinajstić information content (AvgIpc) is 3.15. The number of ether oxygens (including phenoxy) is 1. The Hall–Kier alpha value is -1.10. The summed E-state index contributed by atoms with van der Waals surface area (Å²) in [6.07, 6.45) is 4.86. The Kier molecular flexibility index (Phi) is 5.40. The van der Waals surface area contributed by atoms with Gasteiger partial charge in [0.05, 0.1) is 19.2 Å². The smallest absolute Gasteiger partial charge is 0.305 e. The molecule has 112 valence electrons. The number of carbonyl (C=O) groups is 1. The molecule has 0 spiro atoms. The summed E-state index contributed by atoms with van der Waals surface area (Å²) in [5.41, 5.74) is 1.01. The molecule has 0 aromatic carbocycles. The Balaban J connectivity index is 1.92. The minimum Gasteiger partial charge on any atom is -0.469 e. The zero-order valence-corrected chi connectivity index (χ0v) is 13.4. The van der Waals surface area contributed by atoms with Crippen molar-refractivity contribution in [1.82, 2.24) is 4.98 Å². The molecule has 0 atom stereocenters. The van der Waals surface area contributed by atoms with E-state index in [-0.39, 0.29) is 5.97 Å². The maximum atomic E-state index is 11.2. The van der Waals surface area contributed by atoms with Gasteiger partial charge in [0, 0.05) is 24.4 Å². The summed E-state index contributed by atoms with van der Waals surface area (Å²) in [5, 5.41) is 3.19. The van der Waals surface area contributed by atoms with Gasteiger partial charge in [0.15, 0.2) is 5.13 Å². The summed E-state index contributed by atoms with van der Waals surface area (Å²) >= 11 is 1.70. The number of methoxy groups -OCH3 is 1. The van der Waals surface area contributed by atoms with Crippen molar-refractivity contribution in [3.8, 4) is 0 Å². The largest absolute Gasteiger partial charge is 0.469 e. The van der Waals surface area contributed by atoms with Crippen LogP contribution in [0.5, 0.6) is 0 Å². The molecule has 1 aromatic rings. The molecule has 0 saturated heterocycles. The first-order valence-electron chi connectivity index (χ1n) is 7.38. The normalized spacial score (nSPS) is 14.6. The van der Waals surface area contributed by atoms with Crippen molar-refractivity contribution in [2.45, 2.75) is 52.0 Å². The monoisotopic (exact) mass is 296 g/mol. The van der Waals surface area contributed by atoms with Gasteiger partial charge < -0.3 is 9.64 Å². The summed E-state index contributed by atoms with van der Waals surface area (Å²) in [7, 11) is 1.43.